The van der Waals surface area contributed by atoms with Gasteiger partial charge in [0.05, 0.1) is 11.9 Å². The molecule has 3 rings (SSSR count). The Kier molecular flexibility index (Phi) is 2.93. The number of aromatic nitrogens is 2. The number of pyridine rings is 1. The molecule has 3 nitrogen and oxygen atoms in total. The lowest BCUT2D eigenvalue weighted by Gasteiger charge is -2.02. The number of hydrogen-bond acceptors (Lipinski definition) is 2. The normalized spacial score (nSPS) is 15.2. The summed E-state index contributed by atoms with van der Waals surface area (Å²) in [6.07, 6.45) is 6.67. The van der Waals surface area contributed by atoms with Crippen molar-refractivity contribution >= 4 is 18.1 Å². The maximum atomic E-state index is 4.34. The number of nitrogens with one attached hydrogen (secondary N) is 1. The van der Waals surface area contributed by atoms with Crippen LogP contribution in [0.1, 0.15) is 18.5 Å². The predicted molar refractivity (Wildman–Crippen MR) is 62.3 cm³/mol. The molecule has 1 saturated carbocycles. The van der Waals surface area contributed by atoms with Crippen molar-refractivity contribution in [1.29, 1.82) is 0 Å². The lowest BCUT2D eigenvalue weighted by Crippen LogP contribution is -2.16. The lowest BCUT2D eigenvalue weighted by atomic mass is 10.4. The fraction of sp³-hybridized carbons (Fsp3) is 0.364. The number of hydrogen-bond donors (Lipinski definition) is 1. The number of rotatable bonds is 3. The van der Waals surface area contributed by atoms with E-state index in [0.717, 1.165) is 18.2 Å². The molecule has 80 valence electrons. The van der Waals surface area contributed by atoms with Crippen LogP contribution in [0.2, 0.25) is 0 Å². The van der Waals surface area contributed by atoms with Gasteiger partial charge in [-0.15, -0.1) is 12.4 Å². The molecular weight excluding hydrogens is 210 g/mol. The summed E-state index contributed by atoms with van der Waals surface area (Å²) in [5, 5.41) is 3.49. The van der Waals surface area contributed by atoms with Gasteiger partial charge >= 0.3 is 0 Å². The molecule has 0 saturated heterocycles. The molecule has 1 aliphatic rings. The SMILES string of the molecule is Cl.c1ccn2c(CNC3CC3)cnc2c1. The third kappa shape index (κ3) is 2.13. The molecular formula is C11H14ClN3. The van der Waals surface area contributed by atoms with Crippen LogP contribution in [0.15, 0.2) is 30.6 Å². The molecule has 1 aliphatic carbocycles. The average Bonchev–Trinajstić information content (AvgIpc) is 2.96. The van der Waals surface area contributed by atoms with Gasteiger partial charge in [0.1, 0.15) is 5.65 Å². The minimum atomic E-state index is 0. The van der Waals surface area contributed by atoms with Gasteiger partial charge in [0, 0.05) is 18.8 Å². The van der Waals surface area contributed by atoms with E-state index in [1.807, 2.05) is 24.4 Å². The second-order valence-corrected chi connectivity index (χ2v) is 3.83. The summed E-state index contributed by atoms with van der Waals surface area (Å²) in [6, 6.07) is 6.83. The first-order chi connectivity index (χ1) is 6.93. The van der Waals surface area contributed by atoms with Crippen molar-refractivity contribution in [2.45, 2.75) is 25.4 Å². The van der Waals surface area contributed by atoms with Crippen molar-refractivity contribution in [2.75, 3.05) is 0 Å². The monoisotopic (exact) mass is 223 g/mol. The highest BCUT2D eigenvalue weighted by molar-refractivity contribution is 5.85. The minimum absolute atomic E-state index is 0. The summed E-state index contributed by atoms with van der Waals surface area (Å²) >= 11 is 0. The molecule has 0 spiro atoms. The van der Waals surface area contributed by atoms with Gasteiger partial charge in [-0.2, -0.15) is 0 Å². The van der Waals surface area contributed by atoms with Gasteiger partial charge < -0.3 is 9.72 Å². The Hall–Kier alpha value is -1.06. The number of nitrogens with zero attached hydrogens (tertiary/aromatic N) is 2. The molecule has 0 aliphatic heterocycles. The van der Waals surface area contributed by atoms with E-state index in [4.69, 9.17) is 0 Å². The molecule has 0 amide bonds. The molecule has 1 N–H and O–H groups in total. The van der Waals surface area contributed by atoms with Gasteiger partial charge in [0.15, 0.2) is 0 Å². The zero-order valence-electron chi connectivity index (χ0n) is 8.39. The Morgan fingerprint density at radius 3 is 3.07 bits per heavy atom. The first-order valence-corrected chi connectivity index (χ1v) is 5.08. The van der Waals surface area contributed by atoms with Crippen LogP contribution in [0.25, 0.3) is 5.65 Å². The summed E-state index contributed by atoms with van der Waals surface area (Å²) in [7, 11) is 0. The fourth-order valence-electron chi connectivity index (χ4n) is 1.65. The Morgan fingerprint density at radius 1 is 1.40 bits per heavy atom. The Morgan fingerprint density at radius 2 is 2.27 bits per heavy atom. The quantitative estimate of drug-likeness (QED) is 0.863. The van der Waals surface area contributed by atoms with Crippen LogP contribution in [0.4, 0.5) is 0 Å². The Labute approximate surface area is 94.9 Å². The summed E-state index contributed by atoms with van der Waals surface area (Å²) in [6.45, 7) is 0.926. The second kappa shape index (κ2) is 4.21. The third-order valence-electron chi connectivity index (χ3n) is 2.64. The smallest absolute Gasteiger partial charge is 0.136 e. The van der Waals surface area contributed by atoms with Crippen LogP contribution < -0.4 is 5.32 Å². The van der Waals surface area contributed by atoms with Gasteiger partial charge in [-0.3, -0.25) is 0 Å². The van der Waals surface area contributed by atoms with Crippen LogP contribution in [0.3, 0.4) is 0 Å². The van der Waals surface area contributed by atoms with Gasteiger partial charge in [-0.25, -0.2) is 4.98 Å². The highest BCUT2D eigenvalue weighted by Crippen LogP contribution is 2.19. The Balaban J connectivity index is 0.000000853. The van der Waals surface area contributed by atoms with Crippen molar-refractivity contribution in [3.05, 3.63) is 36.3 Å². The van der Waals surface area contributed by atoms with E-state index in [-0.39, 0.29) is 12.4 Å². The van der Waals surface area contributed by atoms with E-state index in [9.17, 15) is 0 Å². The van der Waals surface area contributed by atoms with Gasteiger partial charge in [-0.1, -0.05) is 6.07 Å². The van der Waals surface area contributed by atoms with Gasteiger partial charge in [0.2, 0.25) is 0 Å². The minimum Gasteiger partial charge on any atom is -0.308 e. The molecule has 2 aromatic rings. The molecule has 0 atom stereocenters. The van der Waals surface area contributed by atoms with Gasteiger partial charge in [-0.05, 0) is 25.0 Å². The molecule has 0 radical (unpaired) electrons. The highest BCUT2D eigenvalue weighted by Gasteiger charge is 2.20. The fourth-order valence-corrected chi connectivity index (χ4v) is 1.65. The van der Waals surface area contributed by atoms with Crippen molar-refractivity contribution in [3.63, 3.8) is 0 Å². The zero-order chi connectivity index (χ0) is 9.38. The lowest BCUT2D eigenvalue weighted by molar-refractivity contribution is 0.670. The molecule has 2 aromatic heterocycles. The Bertz CT molecular complexity index is 448. The number of halogens is 1. The van der Waals surface area contributed by atoms with Crippen molar-refractivity contribution in [1.82, 2.24) is 14.7 Å². The van der Waals surface area contributed by atoms with Crippen molar-refractivity contribution < 1.29 is 0 Å². The third-order valence-corrected chi connectivity index (χ3v) is 2.64. The summed E-state index contributed by atoms with van der Waals surface area (Å²) in [5.74, 6) is 0. The maximum absolute atomic E-state index is 4.34. The van der Waals surface area contributed by atoms with Crippen LogP contribution in [-0.2, 0) is 6.54 Å². The second-order valence-electron chi connectivity index (χ2n) is 3.83. The van der Waals surface area contributed by atoms with Crippen LogP contribution in [0, 0.1) is 0 Å². The highest BCUT2D eigenvalue weighted by atomic mass is 35.5. The van der Waals surface area contributed by atoms with E-state index in [0.29, 0.717) is 0 Å². The summed E-state index contributed by atoms with van der Waals surface area (Å²) in [4.78, 5) is 4.34. The van der Waals surface area contributed by atoms with Crippen LogP contribution in [-0.4, -0.2) is 15.4 Å². The first-order valence-electron chi connectivity index (χ1n) is 5.08. The first kappa shape index (κ1) is 10.5. The maximum Gasteiger partial charge on any atom is 0.136 e. The standard InChI is InChI=1S/C11H13N3.ClH/c1-2-6-14-10(7-12-9-4-5-9)8-13-11(14)3-1;/h1-3,6,8-9,12H,4-5,7H2;1H. The van der Waals surface area contributed by atoms with E-state index in [1.54, 1.807) is 0 Å². The molecule has 4 heteroatoms. The zero-order valence-corrected chi connectivity index (χ0v) is 9.20. The molecule has 0 unspecified atom stereocenters. The largest absolute Gasteiger partial charge is 0.308 e. The van der Waals surface area contributed by atoms with Crippen molar-refractivity contribution in [3.8, 4) is 0 Å². The van der Waals surface area contributed by atoms with E-state index in [2.05, 4.69) is 20.9 Å². The topological polar surface area (TPSA) is 29.3 Å². The van der Waals surface area contributed by atoms with Gasteiger partial charge in [0.25, 0.3) is 0 Å². The molecule has 15 heavy (non-hydrogen) atoms. The average molecular weight is 224 g/mol. The van der Waals surface area contributed by atoms with E-state index in [1.165, 1.54) is 18.5 Å². The number of imidazole rings is 1. The summed E-state index contributed by atoms with van der Waals surface area (Å²) < 4.78 is 2.13. The molecule has 0 bridgehead atoms. The van der Waals surface area contributed by atoms with Crippen LogP contribution in [0.5, 0.6) is 0 Å². The summed E-state index contributed by atoms with van der Waals surface area (Å²) in [5.41, 5.74) is 2.27. The predicted octanol–water partition coefficient (Wildman–Crippen LogP) is 2.01. The van der Waals surface area contributed by atoms with E-state index >= 15 is 0 Å². The van der Waals surface area contributed by atoms with Crippen molar-refractivity contribution in [2.24, 2.45) is 0 Å². The molecule has 2 heterocycles. The van der Waals surface area contributed by atoms with E-state index < -0.39 is 0 Å². The molecule has 0 aromatic carbocycles. The number of fused-ring (bicyclic) bond motifs is 1. The molecule has 1 fully saturated rings. The van der Waals surface area contributed by atoms with Crippen LogP contribution >= 0.6 is 12.4 Å².